The first-order chi connectivity index (χ1) is 30.6. The lowest BCUT2D eigenvalue weighted by atomic mass is 9.94. The number of carbonyl (C=O) groups excluding carboxylic acids is 4. The first-order valence-corrected chi connectivity index (χ1v) is 27.6. The van der Waals surface area contributed by atoms with Crippen molar-refractivity contribution in [1.29, 1.82) is 0 Å². The molecule has 4 amide bonds. The van der Waals surface area contributed by atoms with Crippen molar-refractivity contribution in [3.05, 3.63) is 96.1 Å². The molecule has 1 unspecified atom stereocenters. The third kappa shape index (κ3) is 14.2. The van der Waals surface area contributed by atoms with Crippen molar-refractivity contribution >= 4 is 72.1 Å². The molecule has 0 bridgehead atoms. The summed E-state index contributed by atoms with van der Waals surface area (Å²) in [5, 5.41) is 16.6. The Balaban J connectivity index is 1.47. The number of amides is 4. The lowest BCUT2D eigenvalue weighted by Gasteiger charge is -2.28. The predicted octanol–water partition coefficient (Wildman–Crippen LogP) is 5.61. The lowest BCUT2D eigenvalue weighted by Crippen LogP contribution is -2.54. The number of rotatable bonds is 21. The van der Waals surface area contributed by atoms with Crippen molar-refractivity contribution in [3.63, 3.8) is 0 Å². The van der Waals surface area contributed by atoms with E-state index in [9.17, 15) is 40.6 Å². The van der Waals surface area contributed by atoms with Crippen LogP contribution in [0.5, 0.6) is 0 Å². The standard InChI is InChI=1S/C48H69N6O9PS2/c1-31(2)41(52-43(55)38(27-65(60,61)47(5,6)7)25-33-22-23-34-16-11-12-18-36(34)24-33)45(57)50-29-64(59,54-49)30-51-46(58)42(32(3)4)53-44(56)39(28-66(62,63)48(8,9)10)26-37-20-15-19-35-17-13-14-21-40(35)37/h11-24,31-32,38-39,41-42H,25-30,49H2,1-10H3,(H,50,57)(H,51,58)(H,52,55)(H,53,56)(H,54,59)/t38-,39+,41-,42-,64?/m0/s1. The summed E-state index contributed by atoms with van der Waals surface area (Å²) in [6, 6.07) is 24.2. The van der Waals surface area contributed by atoms with Crippen LogP contribution in [0, 0.1) is 23.7 Å². The molecule has 0 aliphatic heterocycles. The SMILES string of the molecule is CC(C)[C@H](NC(=O)[C@H](Cc1cccc2ccccc12)CS(=O)(=O)C(C)(C)C)C(=O)NCP(=O)(CNC(=O)[C@@H](NC(=O)[C@@H](Cc1ccc2ccccc2c1)CS(=O)(=O)C(C)(C)C)C(C)C)NN. The molecule has 0 aromatic heterocycles. The summed E-state index contributed by atoms with van der Waals surface area (Å²) in [6.45, 7) is 16.2. The average Bonchev–Trinajstić information content (AvgIpc) is 3.24. The van der Waals surface area contributed by atoms with E-state index >= 15 is 0 Å². The second-order valence-electron chi connectivity index (χ2n) is 19.8. The molecule has 18 heteroatoms. The Morgan fingerprint density at radius 1 is 0.576 bits per heavy atom. The third-order valence-corrected chi connectivity index (χ3v) is 19.1. The van der Waals surface area contributed by atoms with Crippen LogP contribution in [-0.4, -0.2) is 86.1 Å². The molecule has 0 saturated carbocycles. The van der Waals surface area contributed by atoms with Crippen molar-refractivity contribution in [2.75, 3.05) is 24.1 Å². The largest absolute Gasteiger partial charge is 0.346 e. The van der Waals surface area contributed by atoms with E-state index < -0.39 is 120 Å². The van der Waals surface area contributed by atoms with Gasteiger partial charge in [0.1, 0.15) is 12.1 Å². The molecule has 66 heavy (non-hydrogen) atoms. The van der Waals surface area contributed by atoms with Crippen molar-refractivity contribution in [3.8, 4) is 0 Å². The Morgan fingerprint density at radius 3 is 1.48 bits per heavy atom. The first kappa shape index (κ1) is 53.9. The van der Waals surface area contributed by atoms with E-state index in [-0.39, 0.29) is 12.8 Å². The summed E-state index contributed by atoms with van der Waals surface area (Å²) in [7, 11) is -11.4. The summed E-state index contributed by atoms with van der Waals surface area (Å²) in [6.07, 6.45) is -0.920. The quantitative estimate of drug-likeness (QED) is 0.0341. The highest BCUT2D eigenvalue weighted by molar-refractivity contribution is 7.93. The van der Waals surface area contributed by atoms with E-state index in [4.69, 9.17) is 5.84 Å². The Morgan fingerprint density at radius 2 is 1.02 bits per heavy atom. The molecule has 4 rings (SSSR count). The van der Waals surface area contributed by atoms with Gasteiger partial charge < -0.3 is 25.8 Å². The van der Waals surface area contributed by atoms with E-state index in [1.165, 1.54) is 0 Å². The Labute approximate surface area is 390 Å². The zero-order valence-electron chi connectivity index (χ0n) is 39.8. The minimum absolute atomic E-state index is 0.0832. The molecule has 15 nitrogen and oxygen atoms in total. The molecule has 5 atom stereocenters. The number of hydrogen-bond acceptors (Lipinski definition) is 10. The number of benzene rings is 4. The van der Waals surface area contributed by atoms with Gasteiger partial charge in [-0.25, -0.2) is 22.0 Å². The smallest absolute Gasteiger partial charge is 0.243 e. The molecule has 4 aromatic rings. The molecule has 4 aromatic carbocycles. The van der Waals surface area contributed by atoms with Gasteiger partial charge in [0.25, 0.3) is 0 Å². The average molecular weight is 969 g/mol. The maximum Gasteiger partial charge on any atom is 0.243 e. The van der Waals surface area contributed by atoms with Gasteiger partial charge in [0.15, 0.2) is 27.0 Å². The van der Waals surface area contributed by atoms with Crippen LogP contribution in [0.25, 0.3) is 21.5 Å². The number of carbonyl (C=O) groups is 4. The van der Waals surface area contributed by atoms with Gasteiger partial charge in [-0.05, 0) is 98.9 Å². The molecule has 0 saturated heterocycles. The molecule has 0 radical (unpaired) electrons. The van der Waals surface area contributed by atoms with Gasteiger partial charge in [-0.15, -0.1) is 0 Å². The van der Waals surface area contributed by atoms with Crippen LogP contribution < -0.4 is 32.3 Å². The van der Waals surface area contributed by atoms with E-state index in [0.29, 0.717) is 0 Å². The van der Waals surface area contributed by atoms with Crippen molar-refractivity contribution in [1.82, 2.24) is 26.5 Å². The molecule has 0 fully saturated rings. The monoisotopic (exact) mass is 968 g/mol. The molecule has 0 heterocycles. The third-order valence-electron chi connectivity index (χ3n) is 11.8. The van der Waals surface area contributed by atoms with Gasteiger partial charge >= 0.3 is 0 Å². The zero-order chi connectivity index (χ0) is 49.4. The van der Waals surface area contributed by atoms with Crippen molar-refractivity contribution < 1.29 is 40.6 Å². The summed E-state index contributed by atoms with van der Waals surface area (Å²) in [5.41, 5.74) is 1.52. The molecule has 0 spiro atoms. The molecule has 7 N–H and O–H groups in total. The predicted molar refractivity (Wildman–Crippen MR) is 264 cm³/mol. The fraction of sp³-hybridized carbons (Fsp3) is 0.500. The fourth-order valence-electron chi connectivity index (χ4n) is 7.26. The maximum atomic E-state index is 14.1. The van der Waals surface area contributed by atoms with Crippen LogP contribution in [-0.2, 0) is 56.3 Å². The van der Waals surface area contributed by atoms with Gasteiger partial charge in [0.2, 0.25) is 23.6 Å². The molecular formula is C48H69N6O9PS2. The molecule has 362 valence electrons. The van der Waals surface area contributed by atoms with E-state index in [2.05, 4.69) is 26.5 Å². The second-order valence-corrected chi connectivity index (χ2v) is 28.0. The number of sulfone groups is 2. The van der Waals surface area contributed by atoms with Gasteiger partial charge in [-0.3, -0.25) is 25.0 Å². The maximum absolute atomic E-state index is 14.1. The van der Waals surface area contributed by atoms with Gasteiger partial charge in [-0.2, -0.15) is 0 Å². The minimum atomic E-state index is -3.80. The number of hydrazine groups is 1. The number of fused-ring (bicyclic) bond motifs is 2. The van der Waals surface area contributed by atoms with Crippen molar-refractivity contribution in [2.45, 2.75) is 104 Å². The minimum Gasteiger partial charge on any atom is -0.346 e. The molecule has 0 aliphatic rings. The summed E-state index contributed by atoms with van der Waals surface area (Å²) in [5.74, 6) is -1.01. The fourth-order valence-corrected chi connectivity index (χ4v) is 11.0. The highest BCUT2D eigenvalue weighted by Gasteiger charge is 2.39. The van der Waals surface area contributed by atoms with Crippen LogP contribution in [0.4, 0.5) is 0 Å². The summed E-state index contributed by atoms with van der Waals surface area (Å²) >= 11 is 0. The highest BCUT2D eigenvalue weighted by atomic mass is 32.2. The number of nitrogens with two attached hydrogens (primary N) is 1. The number of hydrogen-bond donors (Lipinski definition) is 6. The van der Waals surface area contributed by atoms with Crippen LogP contribution in [0.2, 0.25) is 0 Å². The van der Waals surface area contributed by atoms with Crippen LogP contribution in [0.1, 0.15) is 80.4 Å². The van der Waals surface area contributed by atoms with E-state index in [0.717, 1.165) is 32.7 Å². The first-order valence-electron chi connectivity index (χ1n) is 22.2. The molecule has 0 aliphatic carbocycles. The molecular weight excluding hydrogens is 900 g/mol. The van der Waals surface area contributed by atoms with Gasteiger partial charge in [0, 0.05) is 0 Å². The van der Waals surface area contributed by atoms with Crippen LogP contribution in [0.3, 0.4) is 0 Å². The highest BCUT2D eigenvalue weighted by Crippen LogP contribution is 2.36. The van der Waals surface area contributed by atoms with Crippen LogP contribution >= 0.6 is 7.29 Å². The summed E-state index contributed by atoms with van der Waals surface area (Å²) in [4.78, 5) is 55.6. The van der Waals surface area contributed by atoms with Crippen molar-refractivity contribution in [2.24, 2.45) is 29.5 Å². The Bertz CT molecular complexity index is 2650. The topological polar surface area (TPSA) is 240 Å². The Hall–Kier alpha value is -4.67. The lowest BCUT2D eigenvalue weighted by molar-refractivity contribution is -0.131. The second kappa shape index (κ2) is 22.0. The Kier molecular flexibility index (Phi) is 18.0. The van der Waals surface area contributed by atoms with Gasteiger partial charge in [0.05, 0.1) is 45.4 Å². The number of nitrogens with one attached hydrogen (secondary N) is 5. The van der Waals surface area contributed by atoms with E-state index in [1.807, 2.05) is 84.9 Å². The van der Waals surface area contributed by atoms with Gasteiger partial charge in [-0.1, -0.05) is 113 Å². The normalized spacial score (nSPS) is 15.4. The summed E-state index contributed by atoms with van der Waals surface area (Å²) < 4.78 is 65.6. The van der Waals surface area contributed by atoms with Crippen LogP contribution in [0.15, 0.2) is 84.9 Å². The zero-order valence-corrected chi connectivity index (χ0v) is 42.3. The van der Waals surface area contributed by atoms with E-state index in [1.54, 1.807) is 69.2 Å².